The number of furan rings is 2. The molecule has 0 saturated heterocycles. The van der Waals surface area contributed by atoms with E-state index in [1.807, 2.05) is 49.1 Å². The number of imidazole rings is 1. The van der Waals surface area contributed by atoms with Crippen LogP contribution in [0.2, 0.25) is 0 Å². The zero-order valence-electron chi connectivity index (χ0n) is 16.2. The van der Waals surface area contributed by atoms with Crippen molar-refractivity contribution in [2.24, 2.45) is 0 Å². The highest BCUT2D eigenvalue weighted by molar-refractivity contribution is 6.22. The predicted molar refractivity (Wildman–Crippen MR) is 123 cm³/mol. The van der Waals surface area contributed by atoms with Gasteiger partial charge in [-0.25, -0.2) is 4.98 Å². The lowest BCUT2D eigenvalue weighted by atomic mass is 10.0. The molecule has 5 aromatic heterocycles. The minimum atomic E-state index is 0.784. The largest absolute Gasteiger partial charge is 0.452 e. The first-order valence-electron chi connectivity index (χ1n) is 10.2. The van der Waals surface area contributed by atoms with E-state index in [-0.39, 0.29) is 0 Å². The van der Waals surface area contributed by atoms with Crippen molar-refractivity contribution in [1.82, 2.24) is 14.4 Å². The maximum atomic E-state index is 6.41. The summed E-state index contributed by atoms with van der Waals surface area (Å²) in [6.07, 6.45) is 7.52. The number of rotatable bonds is 0. The molecule has 5 heterocycles. The molecule has 0 fully saturated rings. The summed E-state index contributed by atoms with van der Waals surface area (Å²) in [7, 11) is 0. The van der Waals surface area contributed by atoms with E-state index in [4.69, 9.17) is 8.83 Å². The highest BCUT2D eigenvalue weighted by Crippen LogP contribution is 2.40. The van der Waals surface area contributed by atoms with Gasteiger partial charge in [-0.3, -0.25) is 9.38 Å². The molecule has 8 rings (SSSR count). The Kier molecular flexibility index (Phi) is 2.60. The van der Waals surface area contributed by atoms with Gasteiger partial charge in [-0.05, 0) is 41.8 Å². The van der Waals surface area contributed by atoms with Gasteiger partial charge in [0.15, 0.2) is 11.2 Å². The Morgan fingerprint density at radius 3 is 2.42 bits per heavy atom. The highest BCUT2D eigenvalue weighted by Gasteiger charge is 2.18. The topological polar surface area (TPSA) is 56.5 Å². The second-order valence-electron chi connectivity index (χ2n) is 7.93. The molecule has 0 aliphatic carbocycles. The maximum Gasteiger partial charge on any atom is 0.178 e. The minimum Gasteiger partial charge on any atom is -0.452 e. The van der Waals surface area contributed by atoms with Crippen molar-refractivity contribution in [3.63, 3.8) is 0 Å². The Balaban J connectivity index is 1.61. The molecule has 5 heteroatoms. The van der Waals surface area contributed by atoms with Crippen molar-refractivity contribution in [2.75, 3.05) is 0 Å². The number of nitrogens with zero attached hydrogens (tertiary/aromatic N) is 3. The third kappa shape index (κ3) is 1.82. The Morgan fingerprint density at radius 2 is 1.48 bits per heavy atom. The average Bonchev–Trinajstić information content (AvgIpc) is 3.53. The van der Waals surface area contributed by atoms with E-state index >= 15 is 0 Å². The lowest BCUT2D eigenvalue weighted by molar-refractivity contribution is 0.633. The first kappa shape index (κ1) is 15.5. The smallest absolute Gasteiger partial charge is 0.178 e. The van der Waals surface area contributed by atoms with Gasteiger partial charge in [0.1, 0.15) is 16.8 Å². The molecular weight excluding hydrogens is 386 g/mol. The van der Waals surface area contributed by atoms with Crippen LogP contribution in [-0.2, 0) is 0 Å². The lowest BCUT2D eigenvalue weighted by Crippen LogP contribution is -1.91. The van der Waals surface area contributed by atoms with Gasteiger partial charge in [-0.15, -0.1) is 0 Å². The first-order valence-corrected chi connectivity index (χ1v) is 10.2. The SMILES string of the molecule is c1ccc2c(c1)oc1c2ccc2c3cc4c(cc3oc21)c1ccncc1c1nccn41. The molecule has 0 amide bonds. The van der Waals surface area contributed by atoms with E-state index in [9.17, 15) is 0 Å². The zero-order chi connectivity index (χ0) is 20.1. The fourth-order valence-electron chi connectivity index (χ4n) is 4.97. The van der Waals surface area contributed by atoms with Crippen LogP contribution in [0.15, 0.2) is 88.2 Å². The second-order valence-corrected chi connectivity index (χ2v) is 7.93. The van der Waals surface area contributed by atoms with Crippen molar-refractivity contribution in [1.29, 1.82) is 0 Å². The molecule has 0 saturated carbocycles. The molecule has 0 bridgehead atoms. The summed E-state index contributed by atoms with van der Waals surface area (Å²) < 4.78 is 14.7. The second kappa shape index (κ2) is 5.21. The summed E-state index contributed by atoms with van der Waals surface area (Å²) >= 11 is 0. The molecular formula is C26H13N3O2. The molecule has 0 spiro atoms. The van der Waals surface area contributed by atoms with E-state index in [0.717, 1.165) is 71.2 Å². The van der Waals surface area contributed by atoms with Crippen molar-refractivity contribution < 1.29 is 8.83 Å². The van der Waals surface area contributed by atoms with Gasteiger partial charge in [0.05, 0.1) is 5.52 Å². The van der Waals surface area contributed by atoms with Gasteiger partial charge >= 0.3 is 0 Å². The van der Waals surface area contributed by atoms with Gasteiger partial charge in [-0.1, -0.05) is 18.2 Å². The van der Waals surface area contributed by atoms with E-state index in [1.165, 1.54) is 0 Å². The predicted octanol–water partition coefficient (Wildman–Crippen LogP) is 6.83. The lowest BCUT2D eigenvalue weighted by Gasteiger charge is -2.07. The molecule has 31 heavy (non-hydrogen) atoms. The standard InChI is InChI=1S/C26H13N3O2/c1-2-4-22-15(3-1)16-5-6-17-19-11-21-18(12-23(19)31-25(17)24(16)30-22)14-7-8-27-13-20(14)26-28-9-10-29(21)26/h1-13H. The van der Waals surface area contributed by atoms with Gasteiger partial charge in [-0.2, -0.15) is 0 Å². The summed E-state index contributed by atoms with van der Waals surface area (Å²) in [5.74, 6) is 0. The van der Waals surface area contributed by atoms with E-state index < -0.39 is 0 Å². The molecule has 0 aliphatic heterocycles. The zero-order valence-corrected chi connectivity index (χ0v) is 16.2. The first-order chi connectivity index (χ1) is 15.4. The number of hydrogen-bond acceptors (Lipinski definition) is 4. The Labute approximate surface area is 174 Å². The summed E-state index contributed by atoms with van der Waals surface area (Å²) in [5.41, 5.74) is 5.28. The molecule has 0 atom stereocenters. The van der Waals surface area contributed by atoms with Crippen molar-refractivity contribution in [3.8, 4) is 0 Å². The fraction of sp³-hybridized carbons (Fsp3) is 0. The number of benzene rings is 3. The van der Waals surface area contributed by atoms with Crippen LogP contribution in [0.1, 0.15) is 0 Å². The molecule has 0 radical (unpaired) electrons. The number of hydrogen-bond donors (Lipinski definition) is 0. The molecule has 3 aromatic carbocycles. The van der Waals surface area contributed by atoms with Gasteiger partial charge < -0.3 is 8.83 Å². The Hall–Kier alpha value is -4.38. The minimum absolute atomic E-state index is 0.784. The van der Waals surface area contributed by atoms with Crippen LogP contribution in [-0.4, -0.2) is 14.4 Å². The van der Waals surface area contributed by atoms with Crippen molar-refractivity contribution in [3.05, 3.63) is 79.4 Å². The van der Waals surface area contributed by atoms with Crippen LogP contribution in [0, 0.1) is 0 Å². The van der Waals surface area contributed by atoms with Gasteiger partial charge in [0, 0.05) is 57.1 Å². The summed E-state index contributed by atoms with van der Waals surface area (Å²) in [4.78, 5) is 8.89. The fourth-order valence-corrected chi connectivity index (χ4v) is 4.97. The van der Waals surface area contributed by atoms with Crippen LogP contribution in [0.3, 0.4) is 0 Å². The number of fused-ring (bicyclic) bond motifs is 13. The molecule has 8 aromatic rings. The van der Waals surface area contributed by atoms with E-state index in [0.29, 0.717) is 0 Å². The van der Waals surface area contributed by atoms with E-state index in [1.54, 1.807) is 0 Å². The van der Waals surface area contributed by atoms with Gasteiger partial charge in [0.25, 0.3) is 0 Å². The number of aromatic nitrogens is 3. The van der Waals surface area contributed by atoms with Crippen molar-refractivity contribution in [2.45, 2.75) is 0 Å². The summed E-state index contributed by atoms with van der Waals surface area (Å²) in [6, 6.07) is 18.7. The Morgan fingerprint density at radius 1 is 0.645 bits per heavy atom. The van der Waals surface area contributed by atoms with Crippen LogP contribution in [0.4, 0.5) is 0 Å². The molecule has 5 nitrogen and oxygen atoms in total. The van der Waals surface area contributed by atoms with Crippen LogP contribution >= 0.6 is 0 Å². The molecule has 0 N–H and O–H groups in total. The van der Waals surface area contributed by atoms with Crippen LogP contribution in [0.5, 0.6) is 0 Å². The van der Waals surface area contributed by atoms with Gasteiger partial charge in [0.2, 0.25) is 0 Å². The quantitative estimate of drug-likeness (QED) is 0.262. The highest BCUT2D eigenvalue weighted by atomic mass is 16.4. The normalized spacial score (nSPS) is 12.5. The number of pyridine rings is 2. The third-order valence-electron chi connectivity index (χ3n) is 6.35. The average molecular weight is 399 g/mol. The monoisotopic (exact) mass is 399 g/mol. The Bertz CT molecular complexity index is 2010. The maximum absolute atomic E-state index is 6.41. The molecule has 144 valence electrons. The summed E-state index contributed by atoms with van der Waals surface area (Å²) in [5, 5.41) is 7.52. The third-order valence-corrected chi connectivity index (χ3v) is 6.35. The molecule has 0 unspecified atom stereocenters. The van der Waals surface area contributed by atoms with Crippen LogP contribution in [0.25, 0.3) is 71.2 Å². The summed E-state index contributed by atoms with van der Waals surface area (Å²) in [6.45, 7) is 0. The van der Waals surface area contributed by atoms with Crippen molar-refractivity contribution >= 4 is 71.2 Å². The van der Waals surface area contributed by atoms with Crippen LogP contribution < -0.4 is 0 Å². The number of para-hydroxylation sites is 1. The van der Waals surface area contributed by atoms with E-state index in [2.05, 4.69) is 44.7 Å². The molecule has 0 aliphatic rings.